The smallest absolute Gasteiger partial charge is 0.294 e. The number of carbonyl (C=O) groups is 4. The number of hydrogen-bond acceptors (Lipinski definition) is 7. The molecule has 1 aliphatic rings. The first-order valence-corrected chi connectivity index (χ1v) is 14.2. The summed E-state index contributed by atoms with van der Waals surface area (Å²) in [6, 6.07) is 15.1. The molecule has 0 saturated carbocycles. The van der Waals surface area contributed by atoms with Crippen LogP contribution in [0.5, 0.6) is 11.5 Å². The molecule has 0 unspecified atom stereocenters. The Labute approximate surface area is 254 Å². The number of benzene rings is 3. The second kappa shape index (κ2) is 13.2. The van der Waals surface area contributed by atoms with E-state index in [1.165, 1.54) is 13.2 Å². The largest absolute Gasteiger partial charge is 0.493 e. The number of carbonyl (C=O) groups excluding carboxylic acids is 4. The van der Waals surface area contributed by atoms with Gasteiger partial charge < -0.3 is 20.1 Å². The molecule has 2 N–H and O–H groups in total. The molecule has 4 rings (SSSR count). The van der Waals surface area contributed by atoms with Gasteiger partial charge in [-0.2, -0.15) is 0 Å². The number of anilines is 2. The molecule has 0 atom stereocenters. The van der Waals surface area contributed by atoms with Crippen LogP contribution >= 0.6 is 39.3 Å². The first-order valence-electron chi connectivity index (χ1n) is 12.2. The van der Waals surface area contributed by atoms with Gasteiger partial charge in [0.15, 0.2) is 18.1 Å². The van der Waals surface area contributed by atoms with Crippen molar-refractivity contribution in [1.29, 1.82) is 0 Å². The summed E-state index contributed by atoms with van der Waals surface area (Å²) in [7, 11) is 1.45. The zero-order chi connectivity index (χ0) is 29.7. The molecule has 1 aliphatic heterocycles. The maximum absolute atomic E-state index is 12.9. The van der Waals surface area contributed by atoms with Crippen LogP contribution in [0.1, 0.15) is 16.7 Å². The SMILES string of the molecule is COc1cc(/C=C2/SC(=O)N(CC(=O)Nc3cccc(Cl)c3)C2=O)ccc1OCC(=O)Nc1ccc(Br)c(C)c1C. The number of imide groups is 1. The van der Waals surface area contributed by atoms with Crippen LogP contribution in [0.15, 0.2) is 64.0 Å². The highest BCUT2D eigenvalue weighted by atomic mass is 79.9. The van der Waals surface area contributed by atoms with E-state index >= 15 is 0 Å². The summed E-state index contributed by atoms with van der Waals surface area (Å²) >= 11 is 10.1. The van der Waals surface area contributed by atoms with E-state index in [2.05, 4.69) is 26.6 Å². The van der Waals surface area contributed by atoms with Crippen molar-refractivity contribution in [1.82, 2.24) is 4.90 Å². The molecule has 1 saturated heterocycles. The first kappa shape index (κ1) is 30.2. The number of ether oxygens (including phenoxy) is 2. The van der Waals surface area contributed by atoms with Crippen molar-refractivity contribution in [2.24, 2.45) is 0 Å². The predicted molar refractivity (Wildman–Crippen MR) is 163 cm³/mol. The van der Waals surface area contributed by atoms with Crippen LogP contribution in [-0.2, 0) is 14.4 Å². The van der Waals surface area contributed by atoms with Gasteiger partial charge >= 0.3 is 0 Å². The Morgan fingerprint density at radius 3 is 2.51 bits per heavy atom. The lowest BCUT2D eigenvalue weighted by Crippen LogP contribution is -2.36. The number of nitrogens with zero attached hydrogens (tertiary/aromatic N) is 1. The average Bonchev–Trinajstić information content (AvgIpc) is 3.19. The second-order valence-corrected chi connectivity index (χ2v) is 11.2. The fraction of sp³-hybridized carbons (Fsp3) is 0.172. The normalized spacial score (nSPS) is 13.9. The van der Waals surface area contributed by atoms with Crippen LogP contribution in [0.2, 0.25) is 5.02 Å². The van der Waals surface area contributed by atoms with Gasteiger partial charge in [-0.1, -0.05) is 39.7 Å². The minimum absolute atomic E-state index is 0.154. The van der Waals surface area contributed by atoms with E-state index in [0.717, 1.165) is 32.3 Å². The summed E-state index contributed by atoms with van der Waals surface area (Å²) in [6.07, 6.45) is 1.53. The van der Waals surface area contributed by atoms with E-state index in [4.69, 9.17) is 21.1 Å². The van der Waals surface area contributed by atoms with E-state index in [1.54, 1.807) is 42.5 Å². The standard InChI is InChI=1S/C29H25BrClN3O6S/c1-16-17(2)22(9-8-21(16)30)33-27(36)15-40-23-10-7-18(11-24(23)39-3)12-25-28(37)34(29(38)41-25)14-26(35)32-20-6-4-5-19(31)13-20/h4-13H,14-15H2,1-3H3,(H,32,35)(H,33,36)/b25-12+. The second-order valence-electron chi connectivity index (χ2n) is 8.92. The summed E-state index contributed by atoms with van der Waals surface area (Å²) in [5.41, 5.74) is 3.68. The summed E-state index contributed by atoms with van der Waals surface area (Å²) in [4.78, 5) is 51.3. The molecule has 3 aromatic carbocycles. The number of amides is 4. The molecule has 1 heterocycles. The van der Waals surface area contributed by atoms with Crippen molar-refractivity contribution in [2.45, 2.75) is 13.8 Å². The fourth-order valence-corrected chi connectivity index (χ4v) is 5.30. The quantitative estimate of drug-likeness (QED) is 0.255. The summed E-state index contributed by atoms with van der Waals surface area (Å²) in [5, 5.41) is 5.34. The van der Waals surface area contributed by atoms with Gasteiger partial charge in [-0.3, -0.25) is 24.1 Å². The Hall–Kier alpha value is -3.80. The lowest BCUT2D eigenvalue weighted by molar-refractivity contribution is -0.127. The van der Waals surface area contributed by atoms with Gasteiger partial charge in [0.25, 0.3) is 17.1 Å². The number of hydrogen-bond donors (Lipinski definition) is 2. The number of methoxy groups -OCH3 is 1. The molecule has 0 spiro atoms. The van der Waals surface area contributed by atoms with Crippen LogP contribution in [0.25, 0.3) is 6.08 Å². The van der Waals surface area contributed by atoms with Crippen LogP contribution in [-0.4, -0.2) is 48.1 Å². The first-order chi connectivity index (χ1) is 19.5. The van der Waals surface area contributed by atoms with Crippen molar-refractivity contribution < 1.29 is 28.7 Å². The molecular weight excluding hydrogens is 634 g/mol. The molecule has 0 bridgehead atoms. The van der Waals surface area contributed by atoms with E-state index in [-0.39, 0.29) is 17.4 Å². The van der Waals surface area contributed by atoms with Gasteiger partial charge in [-0.25, -0.2) is 0 Å². The zero-order valence-corrected chi connectivity index (χ0v) is 25.4. The molecule has 1 fully saturated rings. The fourth-order valence-electron chi connectivity index (χ4n) is 3.84. The van der Waals surface area contributed by atoms with Crippen molar-refractivity contribution in [3.05, 3.63) is 85.7 Å². The van der Waals surface area contributed by atoms with E-state index < -0.39 is 23.6 Å². The number of halogens is 2. The van der Waals surface area contributed by atoms with Crippen molar-refractivity contribution in [2.75, 3.05) is 30.9 Å². The van der Waals surface area contributed by atoms with Gasteiger partial charge in [-0.05, 0) is 90.8 Å². The van der Waals surface area contributed by atoms with Gasteiger partial charge in [0.2, 0.25) is 5.91 Å². The third-order valence-corrected chi connectivity index (χ3v) is 8.12. The molecule has 12 heteroatoms. The third-order valence-electron chi connectivity index (χ3n) is 6.12. The molecule has 0 radical (unpaired) electrons. The number of rotatable bonds is 9. The monoisotopic (exact) mass is 657 g/mol. The Morgan fingerprint density at radius 1 is 1.00 bits per heavy atom. The highest BCUT2D eigenvalue weighted by molar-refractivity contribution is 9.10. The van der Waals surface area contributed by atoms with Crippen molar-refractivity contribution in [3.63, 3.8) is 0 Å². The highest BCUT2D eigenvalue weighted by Crippen LogP contribution is 2.35. The average molecular weight is 659 g/mol. The molecular formula is C29H25BrClN3O6S. The van der Waals surface area contributed by atoms with Crippen LogP contribution < -0.4 is 20.1 Å². The van der Waals surface area contributed by atoms with E-state index in [1.807, 2.05) is 26.0 Å². The number of thioether (sulfide) groups is 1. The predicted octanol–water partition coefficient (Wildman–Crippen LogP) is 6.42. The third kappa shape index (κ3) is 7.49. The Bertz CT molecular complexity index is 1580. The minimum Gasteiger partial charge on any atom is -0.493 e. The minimum atomic E-state index is -0.587. The van der Waals surface area contributed by atoms with E-state index in [0.29, 0.717) is 33.5 Å². The van der Waals surface area contributed by atoms with Crippen LogP contribution in [0, 0.1) is 13.8 Å². The zero-order valence-electron chi connectivity index (χ0n) is 22.2. The number of nitrogens with one attached hydrogen (secondary N) is 2. The summed E-state index contributed by atoms with van der Waals surface area (Å²) in [6.45, 7) is 3.19. The van der Waals surface area contributed by atoms with Gasteiger partial charge in [0, 0.05) is 20.9 Å². The van der Waals surface area contributed by atoms with E-state index in [9.17, 15) is 19.2 Å². The van der Waals surface area contributed by atoms with Crippen molar-refractivity contribution in [3.8, 4) is 11.5 Å². The van der Waals surface area contributed by atoms with Gasteiger partial charge in [0.1, 0.15) is 6.54 Å². The maximum Gasteiger partial charge on any atom is 0.294 e. The molecule has 9 nitrogen and oxygen atoms in total. The lowest BCUT2D eigenvalue weighted by atomic mass is 10.1. The molecule has 41 heavy (non-hydrogen) atoms. The summed E-state index contributed by atoms with van der Waals surface area (Å²) < 4.78 is 12.1. The molecule has 4 amide bonds. The molecule has 0 aliphatic carbocycles. The van der Waals surface area contributed by atoms with Gasteiger partial charge in [-0.15, -0.1) is 0 Å². The van der Waals surface area contributed by atoms with Crippen LogP contribution in [0.3, 0.4) is 0 Å². The Balaban J connectivity index is 1.39. The molecule has 212 valence electrons. The topological polar surface area (TPSA) is 114 Å². The molecule has 0 aromatic heterocycles. The van der Waals surface area contributed by atoms with Crippen LogP contribution in [0.4, 0.5) is 16.2 Å². The Morgan fingerprint density at radius 2 is 1.78 bits per heavy atom. The maximum atomic E-state index is 12.9. The molecule has 3 aromatic rings. The van der Waals surface area contributed by atoms with Gasteiger partial charge in [0.05, 0.1) is 12.0 Å². The van der Waals surface area contributed by atoms with Crippen molar-refractivity contribution >= 4 is 79.7 Å². The Kier molecular flexibility index (Phi) is 9.74. The summed E-state index contributed by atoms with van der Waals surface area (Å²) in [5.74, 6) is -0.796. The lowest BCUT2D eigenvalue weighted by Gasteiger charge is -2.14. The highest BCUT2D eigenvalue weighted by Gasteiger charge is 2.36.